The smallest absolute Gasteiger partial charge is 0.0290 e. The van der Waals surface area contributed by atoms with Crippen molar-refractivity contribution in [1.29, 1.82) is 0 Å². The van der Waals surface area contributed by atoms with E-state index in [0.717, 1.165) is 18.0 Å². The van der Waals surface area contributed by atoms with Crippen molar-refractivity contribution < 1.29 is 0 Å². The molecule has 1 saturated heterocycles. The zero-order valence-electron chi connectivity index (χ0n) is 10.1. The molecule has 0 aromatic rings. The molecule has 14 heavy (non-hydrogen) atoms. The lowest BCUT2D eigenvalue weighted by Gasteiger charge is -2.43. The summed E-state index contributed by atoms with van der Waals surface area (Å²) in [4.78, 5) is 2.71. The van der Waals surface area contributed by atoms with Crippen LogP contribution >= 0.6 is 0 Å². The van der Waals surface area contributed by atoms with Crippen molar-refractivity contribution in [1.82, 2.24) is 4.90 Å². The molecule has 0 spiro atoms. The molecule has 2 aliphatic rings. The quantitative estimate of drug-likeness (QED) is 0.578. The van der Waals surface area contributed by atoms with Gasteiger partial charge < -0.3 is 0 Å². The summed E-state index contributed by atoms with van der Waals surface area (Å²) in [6.45, 7) is 11.8. The van der Waals surface area contributed by atoms with Gasteiger partial charge in [-0.2, -0.15) is 0 Å². The molecule has 1 aliphatic carbocycles. The first kappa shape index (κ1) is 10.2. The molecule has 1 fully saturated rings. The SMILES string of the molecule is CC(C)N1C2C=CC(C2)C1C(C)(C)C. The van der Waals surface area contributed by atoms with Crippen molar-refractivity contribution >= 4 is 0 Å². The molecule has 0 amide bonds. The minimum Gasteiger partial charge on any atom is -0.290 e. The Morgan fingerprint density at radius 2 is 1.86 bits per heavy atom. The second-order valence-electron chi connectivity index (χ2n) is 6.20. The highest BCUT2D eigenvalue weighted by atomic mass is 15.3. The lowest BCUT2D eigenvalue weighted by Crippen LogP contribution is -2.49. The van der Waals surface area contributed by atoms with E-state index in [1.807, 2.05) is 0 Å². The molecular formula is C13H23N. The first-order chi connectivity index (χ1) is 6.41. The molecule has 0 aromatic heterocycles. The lowest BCUT2D eigenvalue weighted by atomic mass is 9.79. The fraction of sp³-hybridized carbons (Fsp3) is 0.846. The highest BCUT2D eigenvalue weighted by molar-refractivity contribution is 5.19. The molecule has 80 valence electrons. The topological polar surface area (TPSA) is 3.24 Å². The van der Waals surface area contributed by atoms with Crippen molar-refractivity contribution in [3.05, 3.63) is 12.2 Å². The Labute approximate surface area is 88.2 Å². The van der Waals surface area contributed by atoms with Gasteiger partial charge in [0.15, 0.2) is 0 Å². The maximum atomic E-state index is 2.71. The van der Waals surface area contributed by atoms with E-state index < -0.39 is 0 Å². The average Bonchev–Trinajstić information content (AvgIpc) is 2.58. The van der Waals surface area contributed by atoms with Crippen LogP contribution in [0.4, 0.5) is 0 Å². The van der Waals surface area contributed by atoms with E-state index >= 15 is 0 Å². The maximum Gasteiger partial charge on any atom is 0.0290 e. The Kier molecular flexibility index (Phi) is 2.26. The predicted molar refractivity (Wildman–Crippen MR) is 61.3 cm³/mol. The van der Waals surface area contributed by atoms with Crippen LogP contribution in [0, 0.1) is 11.3 Å². The predicted octanol–water partition coefficient (Wildman–Crippen LogP) is 3.07. The Hall–Kier alpha value is -0.300. The normalized spacial score (nSPS) is 37.4. The van der Waals surface area contributed by atoms with E-state index in [-0.39, 0.29) is 0 Å². The van der Waals surface area contributed by atoms with Gasteiger partial charge in [-0.1, -0.05) is 32.9 Å². The Bertz CT molecular complexity index is 246. The first-order valence-corrected chi connectivity index (χ1v) is 5.87. The van der Waals surface area contributed by atoms with Gasteiger partial charge in [-0.05, 0) is 31.6 Å². The summed E-state index contributed by atoms with van der Waals surface area (Å²) < 4.78 is 0. The van der Waals surface area contributed by atoms with E-state index in [0.29, 0.717) is 11.5 Å². The molecule has 2 rings (SSSR count). The van der Waals surface area contributed by atoms with E-state index in [2.05, 4.69) is 51.7 Å². The molecule has 1 aliphatic heterocycles. The lowest BCUT2D eigenvalue weighted by molar-refractivity contribution is 0.0727. The minimum absolute atomic E-state index is 0.411. The minimum atomic E-state index is 0.411. The second kappa shape index (κ2) is 3.10. The van der Waals surface area contributed by atoms with Gasteiger partial charge in [-0.3, -0.25) is 4.90 Å². The summed E-state index contributed by atoms with van der Waals surface area (Å²) in [6, 6.07) is 2.15. The first-order valence-electron chi connectivity index (χ1n) is 5.87. The largest absolute Gasteiger partial charge is 0.290 e. The van der Waals surface area contributed by atoms with Crippen LogP contribution in [0.15, 0.2) is 12.2 Å². The second-order valence-corrected chi connectivity index (χ2v) is 6.20. The summed E-state index contributed by atoms with van der Waals surface area (Å²) >= 11 is 0. The Morgan fingerprint density at radius 3 is 2.29 bits per heavy atom. The number of fused-ring (bicyclic) bond motifs is 2. The number of likely N-dealkylation sites (tertiary alicyclic amines) is 1. The van der Waals surface area contributed by atoms with Gasteiger partial charge in [0.2, 0.25) is 0 Å². The summed E-state index contributed by atoms with van der Waals surface area (Å²) in [5, 5.41) is 0. The monoisotopic (exact) mass is 193 g/mol. The van der Waals surface area contributed by atoms with E-state index in [1.165, 1.54) is 6.42 Å². The van der Waals surface area contributed by atoms with Crippen LogP contribution in [0.1, 0.15) is 41.0 Å². The van der Waals surface area contributed by atoms with Gasteiger partial charge >= 0.3 is 0 Å². The van der Waals surface area contributed by atoms with Crippen molar-refractivity contribution in [2.45, 2.75) is 59.2 Å². The molecule has 3 atom stereocenters. The van der Waals surface area contributed by atoms with Gasteiger partial charge in [0.25, 0.3) is 0 Å². The van der Waals surface area contributed by atoms with Crippen molar-refractivity contribution in [2.24, 2.45) is 11.3 Å². The van der Waals surface area contributed by atoms with Gasteiger partial charge in [-0.15, -0.1) is 0 Å². The van der Waals surface area contributed by atoms with Crippen molar-refractivity contribution in [2.75, 3.05) is 0 Å². The Morgan fingerprint density at radius 1 is 1.21 bits per heavy atom. The molecule has 0 N–H and O–H groups in total. The van der Waals surface area contributed by atoms with E-state index in [9.17, 15) is 0 Å². The zero-order chi connectivity index (χ0) is 10.5. The van der Waals surface area contributed by atoms with Crippen LogP contribution in [0.2, 0.25) is 0 Å². The molecule has 3 unspecified atom stereocenters. The molecule has 1 nitrogen and oxygen atoms in total. The van der Waals surface area contributed by atoms with Crippen molar-refractivity contribution in [3.8, 4) is 0 Å². The maximum absolute atomic E-state index is 2.71. The average molecular weight is 193 g/mol. The van der Waals surface area contributed by atoms with Gasteiger partial charge in [-0.25, -0.2) is 0 Å². The van der Waals surface area contributed by atoms with Crippen LogP contribution in [-0.4, -0.2) is 23.0 Å². The molecule has 0 aromatic carbocycles. The number of hydrogen-bond donors (Lipinski definition) is 0. The third-order valence-corrected chi connectivity index (χ3v) is 3.69. The number of hydrogen-bond acceptors (Lipinski definition) is 1. The zero-order valence-corrected chi connectivity index (χ0v) is 10.1. The molecular weight excluding hydrogens is 170 g/mol. The number of nitrogens with zero attached hydrogens (tertiary/aromatic N) is 1. The molecule has 0 saturated carbocycles. The highest BCUT2D eigenvalue weighted by Gasteiger charge is 2.48. The van der Waals surface area contributed by atoms with Crippen molar-refractivity contribution in [3.63, 3.8) is 0 Å². The Balaban J connectivity index is 2.27. The summed E-state index contributed by atoms with van der Waals surface area (Å²) in [6.07, 6.45) is 6.21. The summed E-state index contributed by atoms with van der Waals surface area (Å²) in [7, 11) is 0. The van der Waals surface area contributed by atoms with Gasteiger partial charge in [0, 0.05) is 18.1 Å². The molecule has 1 heterocycles. The van der Waals surface area contributed by atoms with Crippen LogP contribution in [0.25, 0.3) is 0 Å². The van der Waals surface area contributed by atoms with Crippen LogP contribution in [0.3, 0.4) is 0 Å². The third-order valence-electron chi connectivity index (χ3n) is 3.69. The highest BCUT2D eigenvalue weighted by Crippen LogP contribution is 2.45. The summed E-state index contributed by atoms with van der Waals surface area (Å²) in [5.74, 6) is 0.808. The third kappa shape index (κ3) is 1.42. The fourth-order valence-electron chi connectivity index (χ4n) is 3.38. The summed E-state index contributed by atoms with van der Waals surface area (Å²) in [5.41, 5.74) is 0.411. The standard InChI is InChI=1S/C13H23N/c1-9(2)14-11-7-6-10(8-11)12(14)13(3,4)5/h6-7,9-12H,8H2,1-5H3. The number of rotatable bonds is 1. The van der Waals surface area contributed by atoms with E-state index in [4.69, 9.17) is 0 Å². The van der Waals surface area contributed by atoms with Gasteiger partial charge in [0.05, 0.1) is 0 Å². The van der Waals surface area contributed by atoms with Crippen LogP contribution in [0.5, 0.6) is 0 Å². The fourth-order valence-corrected chi connectivity index (χ4v) is 3.38. The van der Waals surface area contributed by atoms with Crippen LogP contribution < -0.4 is 0 Å². The van der Waals surface area contributed by atoms with Crippen LogP contribution in [-0.2, 0) is 0 Å². The molecule has 1 heteroatoms. The van der Waals surface area contributed by atoms with Gasteiger partial charge in [0.1, 0.15) is 0 Å². The van der Waals surface area contributed by atoms with E-state index in [1.54, 1.807) is 0 Å². The molecule has 2 bridgehead atoms. The molecule has 0 radical (unpaired) electrons.